The third kappa shape index (κ3) is 5.03. The van der Waals surface area contributed by atoms with Crippen LogP contribution in [0.3, 0.4) is 0 Å². The van der Waals surface area contributed by atoms with Crippen LogP contribution >= 0.6 is 0 Å². The number of pyridine rings is 1. The summed E-state index contributed by atoms with van der Waals surface area (Å²) in [5, 5.41) is 0. The van der Waals surface area contributed by atoms with Crippen molar-refractivity contribution in [2.75, 3.05) is 6.61 Å². The molecule has 0 bridgehead atoms. The minimum Gasteiger partial charge on any atom is -0.490 e. The number of rotatable bonds is 10. The second-order valence-electron chi connectivity index (χ2n) is 8.29. The lowest BCUT2D eigenvalue weighted by Crippen LogP contribution is -2.34. The number of fused-ring (bicyclic) bond motifs is 1. The molecule has 0 amide bonds. The highest BCUT2D eigenvalue weighted by atomic mass is 16.5. The minimum atomic E-state index is 0.453. The average Bonchev–Trinajstić information content (AvgIpc) is 3.28. The summed E-state index contributed by atoms with van der Waals surface area (Å²) >= 11 is 0. The highest BCUT2D eigenvalue weighted by Crippen LogP contribution is 2.21. The van der Waals surface area contributed by atoms with Crippen LogP contribution < -0.4 is 9.30 Å². The van der Waals surface area contributed by atoms with Gasteiger partial charge in [0, 0.05) is 12.0 Å². The summed E-state index contributed by atoms with van der Waals surface area (Å²) in [6.07, 6.45) is 19.6. The fourth-order valence-electron chi connectivity index (χ4n) is 3.78. The van der Waals surface area contributed by atoms with E-state index in [1.807, 2.05) is 0 Å². The van der Waals surface area contributed by atoms with Crippen LogP contribution in [0.2, 0.25) is 0 Å². The van der Waals surface area contributed by atoms with E-state index in [9.17, 15) is 0 Å². The van der Waals surface area contributed by atoms with Crippen LogP contribution in [0, 0.1) is 5.92 Å². The van der Waals surface area contributed by atoms with Gasteiger partial charge in [0.25, 0.3) is 5.65 Å². The second kappa shape index (κ2) is 9.25. The first-order valence-corrected chi connectivity index (χ1v) is 10.6. The van der Waals surface area contributed by atoms with Crippen molar-refractivity contribution in [3.05, 3.63) is 54.5 Å². The van der Waals surface area contributed by atoms with Gasteiger partial charge in [-0.2, -0.15) is 4.40 Å². The van der Waals surface area contributed by atoms with Crippen LogP contribution in [-0.2, 0) is 0 Å². The van der Waals surface area contributed by atoms with Crippen LogP contribution in [0.15, 0.2) is 48.8 Å². The summed E-state index contributed by atoms with van der Waals surface area (Å²) in [6, 6.07) is 4.75. The Bertz CT molecular complexity index is 786. The van der Waals surface area contributed by atoms with Crippen molar-refractivity contribution in [1.82, 2.24) is 4.40 Å². The normalized spacial score (nSPS) is 14.3. The Morgan fingerprint density at radius 1 is 1.00 bits per heavy atom. The number of hydrogen-bond acceptors (Lipinski definition) is 1. The summed E-state index contributed by atoms with van der Waals surface area (Å²) in [6.45, 7) is 9.76. The molecule has 3 nitrogen and oxygen atoms in total. The third-order valence-electron chi connectivity index (χ3n) is 5.39. The zero-order chi connectivity index (χ0) is 19.2. The first-order valence-electron chi connectivity index (χ1n) is 10.6. The number of allylic oxidation sites excluding steroid dienone is 4. The zero-order valence-corrected chi connectivity index (χ0v) is 17.4. The highest BCUT2D eigenvalue weighted by Gasteiger charge is 2.21. The maximum absolute atomic E-state index is 6.05. The van der Waals surface area contributed by atoms with E-state index in [-0.39, 0.29) is 0 Å². The van der Waals surface area contributed by atoms with Crippen molar-refractivity contribution >= 4 is 5.65 Å². The Morgan fingerprint density at radius 3 is 2.44 bits per heavy atom. The monoisotopic (exact) mass is 367 g/mol. The van der Waals surface area contributed by atoms with Gasteiger partial charge in [-0.25, -0.2) is 4.57 Å². The number of nitrogens with zero attached hydrogens (tertiary/aromatic N) is 2. The predicted molar refractivity (Wildman–Crippen MR) is 112 cm³/mol. The van der Waals surface area contributed by atoms with E-state index < -0.39 is 0 Å². The van der Waals surface area contributed by atoms with E-state index in [0.29, 0.717) is 17.9 Å². The summed E-state index contributed by atoms with van der Waals surface area (Å²) in [5.74, 6) is 2.13. The molecule has 0 aromatic carbocycles. The fraction of sp³-hybridized carbons (Fsp3) is 0.542. The second-order valence-corrected chi connectivity index (χ2v) is 8.29. The Hall–Kier alpha value is -2.03. The molecule has 0 atom stereocenters. The van der Waals surface area contributed by atoms with E-state index in [2.05, 4.69) is 85.5 Å². The quantitative estimate of drug-likeness (QED) is 0.372. The molecule has 0 spiro atoms. The molecule has 0 radical (unpaired) electrons. The lowest BCUT2D eigenvalue weighted by Gasteiger charge is -2.07. The number of unbranched alkanes of at least 4 members (excludes halogenated alkanes) is 3. The maximum Gasteiger partial charge on any atom is 0.286 e. The predicted octanol–water partition coefficient (Wildman–Crippen LogP) is 6.00. The van der Waals surface area contributed by atoms with Gasteiger partial charge in [0.05, 0.1) is 12.6 Å². The van der Waals surface area contributed by atoms with Crippen LogP contribution in [0.25, 0.3) is 5.65 Å². The van der Waals surface area contributed by atoms with E-state index in [1.54, 1.807) is 0 Å². The Morgan fingerprint density at radius 2 is 1.74 bits per heavy atom. The molecule has 146 valence electrons. The van der Waals surface area contributed by atoms with Gasteiger partial charge in [-0.15, -0.1) is 0 Å². The van der Waals surface area contributed by atoms with Crippen LogP contribution in [0.4, 0.5) is 0 Å². The van der Waals surface area contributed by atoms with E-state index in [4.69, 9.17) is 4.74 Å². The average molecular weight is 368 g/mol. The molecule has 0 N–H and O–H groups in total. The molecule has 0 saturated heterocycles. The molecule has 0 fully saturated rings. The third-order valence-corrected chi connectivity index (χ3v) is 5.39. The summed E-state index contributed by atoms with van der Waals surface area (Å²) in [5.41, 5.74) is 2.57. The molecule has 2 aromatic rings. The molecule has 0 aliphatic heterocycles. The molecule has 27 heavy (non-hydrogen) atoms. The van der Waals surface area contributed by atoms with Crippen LogP contribution in [0.5, 0.6) is 5.75 Å². The van der Waals surface area contributed by atoms with E-state index >= 15 is 0 Å². The Kier molecular flexibility index (Phi) is 6.76. The van der Waals surface area contributed by atoms with Crippen molar-refractivity contribution in [1.29, 1.82) is 0 Å². The van der Waals surface area contributed by atoms with Crippen molar-refractivity contribution in [3.63, 3.8) is 0 Å². The standard InChI is InChI=1S/C24H35N2O/c1-19(2)23-18-25(20(3)4)24-15-14-22(17-26(23)24)27-16-10-6-5-7-11-21-12-8-9-13-21/h8-9,12-15,17-21H,5-7,10-11,16H2,1-4H3/q+1. The first kappa shape index (κ1) is 19.7. The molecule has 2 aromatic heterocycles. The molecule has 1 aliphatic carbocycles. The number of ether oxygens (including phenoxy) is 1. The fourth-order valence-corrected chi connectivity index (χ4v) is 3.78. The van der Waals surface area contributed by atoms with Gasteiger partial charge in [0.1, 0.15) is 12.4 Å². The Labute approximate surface area is 164 Å². The molecule has 0 saturated carbocycles. The van der Waals surface area contributed by atoms with Crippen LogP contribution in [-0.4, -0.2) is 11.0 Å². The molecule has 2 heterocycles. The molecule has 3 rings (SSSR count). The number of hydrogen-bond donors (Lipinski definition) is 0. The number of imidazole rings is 1. The van der Waals surface area contributed by atoms with Crippen molar-refractivity contribution in [2.45, 2.75) is 71.8 Å². The largest absolute Gasteiger partial charge is 0.490 e. The van der Waals surface area contributed by atoms with Gasteiger partial charge in [-0.3, -0.25) is 0 Å². The van der Waals surface area contributed by atoms with Crippen LogP contribution in [0.1, 0.15) is 77.5 Å². The zero-order valence-electron chi connectivity index (χ0n) is 17.4. The molecule has 3 heteroatoms. The first-order chi connectivity index (χ1) is 13.1. The maximum atomic E-state index is 6.05. The lowest BCUT2D eigenvalue weighted by molar-refractivity contribution is -0.691. The van der Waals surface area contributed by atoms with Crippen molar-refractivity contribution < 1.29 is 9.30 Å². The minimum absolute atomic E-state index is 0.453. The summed E-state index contributed by atoms with van der Waals surface area (Å²) in [4.78, 5) is 0. The van der Waals surface area contributed by atoms with Crippen molar-refractivity contribution in [3.8, 4) is 5.75 Å². The van der Waals surface area contributed by atoms with Gasteiger partial charge in [0.2, 0.25) is 0 Å². The van der Waals surface area contributed by atoms with Gasteiger partial charge in [-0.1, -0.05) is 57.4 Å². The highest BCUT2D eigenvalue weighted by molar-refractivity contribution is 5.39. The molecule has 1 aliphatic rings. The molecular weight excluding hydrogens is 332 g/mol. The SMILES string of the molecule is CC(C)c1c[n+](C(C)C)c2ccc(OCCCCCCC3C=CC=C3)cn12. The smallest absolute Gasteiger partial charge is 0.286 e. The van der Waals surface area contributed by atoms with Gasteiger partial charge in [0.15, 0.2) is 11.4 Å². The van der Waals surface area contributed by atoms with E-state index in [0.717, 1.165) is 18.8 Å². The molecular formula is C24H35N2O+. The topological polar surface area (TPSA) is 17.5 Å². The number of aromatic nitrogens is 2. The van der Waals surface area contributed by atoms with Gasteiger partial charge in [-0.05, 0) is 38.7 Å². The molecule has 0 unspecified atom stereocenters. The van der Waals surface area contributed by atoms with Crippen molar-refractivity contribution in [2.24, 2.45) is 5.92 Å². The van der Waals surface area contributed by atoms with Gasteiger partial charge >= 0.3 is 0 Å². The summed E-state index contributed by atoms with van der Waals surface area (Å²) in [7, 11) is 0. The lowest BCUT2D eigenvalue weighted by atomic mass is 10.0. The Balaban J connectivity index is 1.49. The van der Waals surface area contributed by atoms with Gasteiger partial charge < -0.3 is 4.74 Å². The van der Waals surface area contributed by atoms with E-state index in [1.165, 1.54) is 37.0 Å². The summed E-state index contributed by atoms with van der Waals surface area (Å²) < 4.78 is 10.7.